The quantitative estimate of drug-likeness (QED) is 0.769. The van der Waals surface area contributed by atoms with Gasteiger partial charge in [0.25, 0.3) is 0 Å². The number of ether oxygens (including phenoxy) is 1. The lowest BCUT2D eigenvalue weighted by atomic mass is 9.98. The molecule has 3 nitrogen and oxygen atoms in total. The van der Waals surface area contributed by atoms with Crippen LogP contribution in [0.15, 0.2) is 24.3 Å². The zero-order valence-corrected chi connectivity index (χ0v) is 12.1. The summed E-state index contributed by atoms with van der Waals surface area (Å²) in [5, 5.41) is 9.37. The lowest BCUT2D eigenvalue weighted by Gasteiger charge is -2.31. The fourth-order valence-corrected chi connectivity index (χ4v) is 3.07. The highest BCUT2D eigenvalue weighted by Crippen LogP contribution is 2.30. The molecule has 0 fully saturated rings. The lowest BCUT2D eigenvalue weighted by Crippen LogP contribution is -2.37. The molecule has 0 heterocycles. The monoisotopic (exact) mass is 249 g/mol. The van der Waals surface area contributed by atoms with Gasteiger partial charge in [0.2, 0.25) is 0 Å². The van der Waals surface area contributed by atoms with Gasteiger partial charge in [0.15, 0.2) is 13.9 Å². The van der Waals surface area contributed by atoms with Gasteiger partial charge in [0.1, 0.15) is 11.8 Å². The number of hydrogen-bond acceptors (Lipinski definition) is 3. The second kappa shape index (κ2) is 4.90. The van der Waals surface area contributed by atoms with Gasteiger partial charge in [-0.3, -0.25) is 0 Å². The van der Waals surface area contributed by atoms with Gasteiger partial charge in [-0.25, -0.2) is 0 Å². The number of methoxy groups -OCH3 is 1. The van der Waals surface area contributed by atoms with E-state index < -0.39 is 13.9 Å². The summed E-state index contributed by atoms with van der Waals surface area (Å²) in [4.78, 5) is 0. The number of benzene rings is 1. The molecule has 0 aromatic heterocycles. The van der Waals surface area contributed by atoms with E-state index in [1.54, 1.807) is 14.0 Å². The van der Waals surface area contributed by atoms with E-state index >= 15 is 0 Å². The van der Waals surface area contributed by atoms with Crippen molar-refractivity contribution in [1.82, 2.24) is 0 Å². The van der Waals surface area contributed by atoms with Gasteiger partial charge in [-0.1, -0.05) is 12.1 Å². The predicted octanol–water partition coefficient (Wildman–Crippen LogP) is 3.29. The summed E-state index contributed by atoms with van der Waals surface area (Å²) >= 11 is 0. The molecule has 17 heavy (non-hydrogen) atoms. The first-order chi connectivity index (χ1) is 7.80. The Morgan fingerprint density at radius 1 is 1.29 bits per heavy atom. The van der Waals surface area contributed by atoms with E-state index in [9.17, 15) is 5.26 Å². The van der Waals surface area contributed by atoms with Crippen LogP contribution in [-0.2, 0) is 10.0 Å². The molecule has 0 spiro atoms. The summed E-state index contributed by atoms with van der Waals surface area (Å²) < 4.78 is 11.2. The standard InChI is InChI=1S/C13H19NO2Si/c1-13(10-14,16-17(3,4)5)11-7-6-8-12(9-11)15-2/h6-9H,1-5H3. The number of hydrogen-bond donors (Lipinski definition) is 0. The molecule has 0 aliphatic heterocycles. The van der Waals surface area contributed by atoms with Crippen LogP contribution in [0.25, 0.3) is 0 Å². The Hall–Kier alpha value is -1.31. The molecule has 0 saturated carbocycles. The van der Waals surface area contributed by atoms with Crippen LogP contribution < -0.4 is 4.74 Å². The fourth-order valence-electron chi connectivity index (χ4n) is 1.68. The maximum atomic E-state index is 9.37. The van der Waals surface area contributed by atoms with Gasteiger partial charge in [-0.2, -0.15) is 5.26 Å². The van der Waals surface area contributed by atoms with Crippen LogP contribution in [-0.4, -0.2) is 15.4 Å². The average molecular weight is 249 g/mol. The van der Waals surface area contributed by atoms with Crippen molar-refractivity contribution in [3.05, 3.63) is 29.8 Å². The van der Waals surface area contributed by atoms with E-state index in [0.717, 1.165) is 11.3 Å². The molecule has 92 valence electrons. The number of rotatable bonds is 4. The normalized spacial score (nSPS) is 14.8. The predicted molar refractivity (Wildman–Crippen MR) is 70.4 cm³/mol. The molecule has 1 aromatic rings. The first-order valence-electron chi connectivity index (χ1n) is 5.57. The second-order valence-corrected chi connectivity index (χ2v) is 9.52. The minimum atomic E-state index is -1.79. The molecular formula is C13H19NO2Si. The molecule has 0 N–H and O–H groups in total. The van der Waals surface area contributed by atoms with Crippen LogP contribution in [0.4, 0.5) is 0 Å². The molecule has 0 aliphatic rings. The van der Waals surface area contributed by atoms with Gasteiger partial charge in [-0.05, 0) is 38.7 Å². The fraction of sp³-hybridized carbons (Fsp3) is 0.462. The van der Waals surface area contributed by atoms with Crippen LogP contribution in [0.1, 0.15) is 12.5 Å². The molecule has 0 saturated heterocycles. The first kappa shape index (κ1) is 13.8. The van der Waals surface area contributed by atoms with E-state index in [1.165, 1.54) is 0 Å². The second-order valence-electron chi connectivity index (χ2n) is 5.09. The van der Waals surface area contributed by atoms with Crippen LogP contribution in [0.5, 0.6) is 5.75 Å². The lowest BCUT2D eigenvalue weighted by molar-refractivity contribution is 0.140. The van der Waals surface area contributed by atoms with Crippen LogP contribution in [0, 0.1) is 11.3 Å². The van der Waals surface area contributed by atoms with E-state index in [4.69, 9.17) is 9.16 Å². The summed E-state index contributed by atoms with van der Waals surface area (Å²) in [6, 6.07) is 9.73. The molecule has 1 aromatic carbocycles. The summed E-state index contributed by atoms with van der Waals surface area (Å²) in [6.07, 6.45) is 0. The maximum Gasteiger partial charge on any atom is 0.186 e. The molecular weight excluding hydrogens is 230 g/mol. The minimum absolute atomic E-state index is 0.739. The largest absolute Gasteiger partial charge is 0.497 e. The third-order valence-electron chi connectivity index (χ3n) is 2.34. The van der Waals surface area contributed by atoms with Crippen LogP contribution in [0.2, 0.25) is 19.6 Å². The van der Waals surface area contributed by atoms with Crippen molar-refractivity contribution in [2.24, 2.45) is 0 Å². The van der Waals surface area contributed by atoms with Crippen LogP contribution in [0.3, 0.4) is 0 Å². The van der Waals surface area contributed by atoms with Crippen molar-refractivity contribution < 1.29 is 9.16 Å². The summed E-state index contributed by atoms with van der Waals surface area (Å²) in [5.74, 6) is 0.739. The highest BCUT2D eigenvalue weighted by Gasteiger charge is 2.33. The Morgan fingerprint density at radius 3 is 2.41 bits per heavy atom. The zero-order valence-electron chi connectivity index (χ0n) is 11.1. The van der Waals surface area contributed by atoms with E-state index in [-0.39, 0.29) is 0 Å². The van der Waals surface area contributed by atoms with E-state index in [0.29, 0.717) is 0 Å². The van der Waals surface area contributed by atoms with Crippen molar-refractivity contribution in [3.8, 4) is 11.8 Å². The van der Waals surface area contributed by atoms with E-state index in [1.807, 2.05) is 24.3 Å². The Kier molecular flexibility index (Phi) is 3.97. The van der Waals surface area contributed by atoms with Crippen molar-refractivity contribution in [3.63, 3.8) is 0 Å². The third-order valence-corrected chi connectivity index (χ3v) is 3.36. The average Bonchev–Trinajstić information content (AvgIpc) is 2.27. The van der Waals surface area contributed by atoms with Gasteiger partial charge in [0, 0.05) is 5.56 Å². The third kappa shape index (κ3) is 3.58. The van der Waals surface area contributed by atoms with Gasteiger partial charge >= 0.3 is 0 Å². The molecule has 4 heteroatoms. The number of nitriles is 1. The molecule has 0 bridgehead atoms. The molecule has 1 unspecified atom stereocenters. The van der Waals surface area contributed by atoms with Gasteiger partial charge in [0.05, 0.1) is 7.11 Å². The molecule has 1 atom stereocenters. The zero-order chi connectivity index (χ0) is 13.1. The Bertz CT molecular complexity index is 434. The first-order valence-corrected chi connectivity index (χ1v) is 8.97. The van der Waals surface area contributed by atoms with Crippen molar-refractivity contribution in [2.75, 3.05) is 7.11 Å². The minimum Gasteiger partial charge on any atom is -0.497 e. The Labute approximate surface area is 104 Å². The highest BCUT2D eigenvalue weighted by molar-refractivity contribution is 6.69. The molecule has 0 aliphatic carbocycles. The van der Waals surface area contributed by atoms with Gasteiger partial charge < -0.3 is 9.16 Å². The summed E-state index contributed by atoms with van der Waals surface area (Å²) in [7, 11) is -0.174. The Balaban J connectivity index is 3.12. The summed E-state index contributed by atoms with van der Waals surface area (Å²) in [5.41, 5.74) is -0.0688. The highest BCUT2D eigenvalue weighted by atomic mass is 28.4. The maximum absolute atomic E-state index is 9.37. The SMILES string of the molecule is COc1cccc(C(C)(C#N)O[Si](C)(C)C)c1. The number of nitrogens with zero attached hydrogens (tertiary/aromatic N) is 1. The van der Waals surface area contributed by atoms with Crippen molar-refractivity contribution in [2.45, 2.75) is 32.2 Å². The smallest absolute Gasteiger partial charge is 0.186 e. The van der Waals surface area contributed by atoms with Gasteiger partial charge in [-0.15, -0.1) is 0 Å². The van der Waals surface area contributed by atoms with E-state index in [2.05, 4.69) is 25.7 Å². The van der Waals surface area contributed by atoms with Crippen molar-refractivity contribution >= 4 is 8.32 Å². The topological polar surface area (TPSA) is 42.2 Å². The molecule has 0 amide bonds. The molecule has 1 rings (SSSR count). The van der Waals surface area contributed by atoms with Crippen molar-refractivity contribution in [1.29, 1.82) is 5.26 Å². The Morgan fingerprint density at radius 2 is 1.94 bits per heavy atom. The summed E-state index contributed by atoms with van der Waals surface area (Å²) in [6.45, 7) is 8.02. The van der Waals surface area contributed by atoms with Crippen LogP contribution >= 0.6 is 0 Å². The molecule has 0 radical (unpaired) electrons.